The van der Waals surface area contributed by atoms with Crippen LogP contribution in [0.1, 0.15) is 30.9 Å². The summed E-state index contributed by atoms with van der Waals surface area (Å²) < 4.78 is 5.72. The van der Waals surface area contributed by atoms with Crippen molar-refractivity contribution in [3.63, 3.8) is 0 Å². The van der Waals surface area contributed by atoms with Crippen molar-refractivity contribution in [2.75, 3.05) is 23.9 Å². The smallest absolute Gasteiger partial charge is 0.199 e. The Morgan fingerprint density at radius 3 is 2.50 bits per heavy atom. The molecule has 1 aliphatic rings. The van der Waals surface area contributed by atoms with Gasteiger partial charge in [-0.1, -0.05) is 49.8 Å². The molecule has 4 heteroatoms. The summed E-state index contributed by atoms with van der Waals surface area (Å²) >= 11 is 0. The fourth-order valence-corrected chi connectivity index (χ4v) is 3.47. The maximum absolute atomic E-state index is 8.53. The summed E-state index contributed by atoms with van der Waals surface area (Å²) in [4.78, 5) is 1.83. The third-order valence-corrected chi connectivity index (χ3v) is 5.13. The lowest BCUT2D eigenvalue weighted by molar-refractivity contribution is 0.309. The molecule has 4 nitrogen and oxygen atoms in total. The zero-order valence-electron chi connectivity index (χ0n) is 16.3. The fraction of sp³-hybridized carbons (Fsp3) is 0.208. The molecule has 0 saturated carbocycles. The van der Waals surface area contributed by atoms with Gasteiger partial charge < -0.3 is 15.0 Å². The summed E-state index contributed by atoms with van der Waals surface area (Å²) in [5.41, 5.74) is 4.35. The van der Waals surface area contributed by atoms with Crippen LogP contribution in [0.25, 0.3) is 22.9 Å². The number of nitrogens with one attached hydrogen (secondary N) is 2. The van der Waals surface area contributed by atoms with Crippen molar-refractivity contribution in [2.24, 2.45) is 0 Å². The summed E-state index contributed by atoms with van der Waals surface area (Å²) in [7, 11) is 1.89. The standard InChI is InChI=1S/C24H25N3O/c1-3-4-16-28-20-13-11-19(12-14-20)27(2)24(25)26-22-15-10-18-9-8-17-6-5-7-21(22)23(17)18/h5-15H,3-4,16H2,1-2H3,(H2,25,26). The van der Waals surface area contributed by atoms with Gasteiger partial charge in [-0.2, -0.15) is 0 Å². The van der Waals surface area contributed by atoms with Crippen molar-refractivity contribution in [2.45, 2.75) is 19.8 Å². The number of benzene rings is 3. The van der Waals surface area contributed by atoms with Gasteiger partial charge in [-0.15, -0.1) is 0 Å². The monoisotopic (exact) mass is 371 g/mol. The molecule has 28 heavy (non-hydrogen) atoms. The molecule has 3 aromatic carbocycles. The van der Waals surface area contributed by atoms with Gasteiger partial charge in [-0.25, -0.2) is 0 Å². The summed E-state index contributed by atoms with van der Waals surface area (Å²) in [6, 6.07) is 18.3. The lowest BCUT2D eigenvalue weighted by Gasteiger charge is -2.22. The number of ether oxygens (including phenoxy) is 1. The van der Waals surface area contributed by atoms with E-state index in [0.29, 0.717) is 5.96 Å². The van der Waals surface area contributed by atoms with Crippen LogP contribution in [0.3, 0.4) is 0 Å². The number of guanidine groups is 1. The maximum Gasteiger partial charge on any atom is 0.199 e. The molecule has 0 saturated heterocycles. The van der Waals surface area contributed by atoms with Gasteiger partial charge in [-0.05, 0) is 53.3 Å². The van der Waals surface area contributed by atoms with Crippen LogP contribution in [0.5, 0.6) is 5.75 Å². The van der Waals surface area contributed by atoms with Crippen molar-refractivity contribution >= 4 is 40.3 Å². The molecule has 0 amide bonds. The van der Waals surface area contributed by atoms with E-state index in [-0.39, 0.29) is 0 Å². The highest BCUT2D eigenvalue weighted by molar-refractivity contribution is 6.13. The van der Waals surface area contributed by atoms with Crippen LogP contribution < -0.4 is 15.0 Å². The first-order valence-corrected chi connectivity index (χ1v) is 9.73. The van der Waals surface area contributed by atoms with Gasteiger partial charge in [0.15, 0.2) is 5.96 Å². The first-order valence-electron chi connectivity index (χ1n) is 9.73. The molecular weight excluding hydrogens is 346 g/mol. The minimum Gasteiger partial charge on any atom is -0.494 e. The molecule has 3 aromatic rings. The molecule has 0 unspecified atom stereocenters. The lowest BCUT2D eigenvalue weighted by Crippen LogP contribution is -2.32. The van der Waals surface area contributed by atoms with E-state index in [1.807, 2.05) is 42.3 Å². The molecule has 0 bridgehead atoms. The van der Waals surface area contributed by atoms with Crippen LogP contribution >= 0.6 is 0 Å². The maximum atomic E-state index is 8.53. The van der Waals surface area contributed by atoms with Crippen molar-refractivity contribution in [3.05, 3.63) is 65.7 Å². The Balaban J connectivity index is 1.49. The first kappa shape index (κ1) is 18.1. The number of rotatable bonds is 6. The van der Waals surface area contributed by atoms with Crippen molar-refractivity contribution in [3.8, 4) is 5.75 Å². The topological polar surface area (TPSA) is 48.4 Å². The van der Waals surface area contributed by atoms with Gasteiger partial charge >= 0.3 is 0 Å². The highest BCUT2D eigenvalue weighted by Crippen LogP contribution is 2.35. The predicted octanol–water partition coefficient (Wildman–Crippen LogP) is 5.99. The molecule has 0 atom stereocenters. The number of hydrogen-bond acceptors (Lipinski definition) is 2. The second-order valence-electron chi connectivity index (χ2n) is 7.03. The van der Waals surface area contributed by atoms with E-state index >= 15 is 0 Å². The Labute approximate surface area is 166 Å². The Morgan fingerprint density at radius 1 is 1.00 bits per heavy atom. The van der Waals surface area contributed by atoms with Crippen LogP contribution in [0.15, 0.2) is 54.6 Å². The molecular formula is C24H25N3O. The average Bonchev–Trinajstić information content (AvgIpc) is 3.15. The number of hydrogen-bond donors (Lipinski definition) is 2. The Bertz CT molecular complexity index is 1030. The quantitative estimate of drug-likeness (QED) is 0.249. The minimum atomic E-state index is 0.325. The van der Waals surface area contributed by atoms with E-state index in [1.165, 1.54) is 16.5 Å². The molecule has 0 heterocycles. The number of nitrogens with zero attached hydrogens (tertiary/aromatic N) is 1. The first-order chi connectivity index (χ1) is 13.7. The lowest BCUT2D eigenvalue weighted by atomic mass is 10.0. The van der Waals surface area contributed by atoms with Gasteiger partial charge in [0, 0.05) is 23.8 Å². The zero-order chi connectivity index (χ0) is 19.5. The molecule has 142 valence electrons. The highest BCUT2D eigenvalue weighted by atomic mass is 16.5. The van der Waals surface area contributed by atoms with Crippen LogP contribution in [-0.2, 0) is 0 Å². The molecule has 0 fully saturated rings. The largest absolute Gasteiger partial charge is 0.494 e. The molecule has 0 spiro atoms. The van der Waals surface area contributed by atoms with E-state index in [2.05, 4.69) is 48.7 Å². The third-order valence-electron chi connectivity index (χ3n) is 5.13. The van der Waals surface area contributed by atoms with Crippen LogP contribution in [0, 0.1) is 5.41 Å². The van der Waals surface area contributed by atoms with Gasteiger partial charge in [0.25, 0.3) is 0 Å². The van der Waals surface area contributed by atoms with E-state index in [1.54, 1.807) is 0 Å². The van der Waals surface area contributed by atoms with E-state index < -0.39 is 0 Å². The van der Waals surface area contributed by atoms with Gasteiger partial charge in [-0.3, -0.25) is 5.41 Å². The molecule has 1 aliphatic carbocycles. The zero-order valence-corrected chi connectivity index (χ0v) is 16.3. The second kappa shape index (κ2) is 7.77. The van der Waals surface area contributed by atoms with Crippen LogP contribution in [-0.4, -0.2) is 19.6 Å². The van der Waals surface area contributed by atoms with E-state index in [4.69, 9.17) is 10.1 Å². The fourth-order valence-electron chi connectivity index (χ4n) is 3.47. The normalized spacial score (nSPS) is 11.6. The number of anilines is 2. The van der Waals surface area contributed by atoms with E-state index in [0.717, 1.165) is 42.0 Å². The third kappa shape index (κ3) is 3.46. The Kier molecular flexibility index (Phi) is 5.02. The van der Waals surface area contributed by atoms with Crippen molar-refractivity contribution < 1.29 is 4.74 Å². The SMILES string of the molecule is CCCCOc1ccc(N(C)C(=N)Nc2ccc3c4c(cccc24)C=C3)cc1. The van der Waals surface area contributed by atoms with Gasteiger partial charge in [0.05, 0.1) is 6.61 Å². The van der Waals surface area contributed by atoms with Crippen molar-refractivity contribution in [1.82, 2.24) is 0 Å². The second-order valence-corrected chi connectivity index (χ2v) is 7.03. The summed E-state index contributed by atoms with van der Waals surface area (Å²) in [6.07, 6.45) is 6.46. The van der Waals surface area contributed by atoms with Gasteiger partial charge in [0.2, 0.25) is 0 Å². The Hall–Kier alpha value is -3.27. The highest BCUT2D eigenvalue weighted by Gasteiger charge is 2.14. The Morgan fingerprint density at radius 2 is 1.75 bits per heavy atom. The predicted molar refractivity (Wildman–Crippen MR) is 119 cm³/mol. The van der Waals surface area contributed by atoms with E-state index in [9.17, 15) is 0 Å². The minimum absolute atomic E-state index is 0.325. The summed E-state index contributed by atoms with van der Waals surface area (Å²) in [6.45, 7) is 2.89. The molecule has 0 aromatic heterocycles. The summed E-state index contributed by atoms with van der Waals surface area (Å²) in [5, 5.41) is 14.2. The molecule has 0 aliphatic heterocycles. The molecule has 2 N–H and O–H groups in total. The van der Waals surface area contributed by atoms with Crippen molar-refractivity contribution in [1.29, 1.82) is 5.41 Å². The molecule has 4 rings (SSSR count). The average molecular weight is 371 g/mol. The molecule has 0 radical (unpaired) electrons. The van der Waals surface area contributed by atoms with Crippen LogP contribution in [0.2, 0.25) is 0 Å². The summed E-state index contributed by atoms with van der Waals surface area (Å²) in [5.74, 6) is 1.19. The van der Waals surface area contributed by atoms with Crippen LogP contribution in [0.4, 0.5) is 11.4 Å². The van der Waals surface area contributed by atoms with Gasteiger partial charge in [0.1, 0.15) is 5.75 Å². The number of unbranched alkanes of at least 4 members (excludes halogenated alkanes) is 1.